The van der Waals surface area contributed by atoms with Crippen molar-refractivity contribution in [2.24, 2.45) is 0 Å². The third-order valence-electron chi connectivity index (χ3n) is 5.91. The minimum atomic E-state index is -0.413. The fourth-order valence-electron chi connectivity index (χ4n) is 4.45. The summed E-state index contributed by atoms with van der Waals surface area (Å²) in [5, 5.41) is 7.88. The highest BCUT2D eigenvalue weighted by atomic mass is 19.1. The summed E-state index contributed by atoms with van der Waals surface area (Å²) in [7, 11) is 1.64. The maximum atomic E-state index is 14.3. The summed E-state index contributed by atoms with van der Waals surface area (Å²) in [5.41, 5.74) is 4.40. The summed E-state index contributed by atoms with van der Waals surface area (Å²) in [6.07, 6.45) is 1.11. The number of fused-ring (bicyclic) bond motifs is 3. The molecule has 0 saturated heterocycles. The molecule has 0 unspecified atom stereocenters. The van der Waals surface area contributed by atoms with Gasteiger partial charge >= 0.3 is 0 Å². The zero-order valence-electron chi connectivity index (χ0n) is 17.2. The number of nitrogens with zero attached hydrogens (tertiary/aromatic N) is 3. The molecule has 0 bridgehead atoms. The average molecular weight is 426 g/mol. The van der Waals surface area contributed by atoms with Crippen molar-refractivity contribution in [2.45, 2.75) is 12.1 Å². The summed E-state index contributed by atoms with van der Waals surface area (Å²) in [5.74, 6) is 1.65. The summed E-state index contributed by atoms with van der Waals surface area (Å²) in [6, 6.07) is 22.2. The van der Waals surface area contributed by atoms with Crippen LogP contribution in [-0.2, 0) is 0 Å². The van der Waals surface area contributed by atoms with Crippen LogP contribution in [0, 0.1) is 5.82 Å². The SMILES string of the molecule is COc1ccc([C@H]2Oc3ccc(F)cc3C3=C2[C@H](c2ccccc2)n2ncnc2N3)cc1. The third-order valence-corrected chi connectivity index (χ3v) is 5.91. The van der Waals surface area contributed by atoms with Crippen LogP contribution in [0.15, 0.2) is 84.7 Å². The number of ether oxygens (including phenoxy) is 2. The first-order valence-electron chi connectivity index (χ1n) is 10.3. The lowest BCUT2D eigenvalue weighted by Crippen LogP contribution is -2.32. The lowest BCUT2D eigenvalue weighted by Gasteiger charge is -2.39. The van der Waals surface area contributed by atoms with Crippen molar-refractivity contribution in [3.63, 3.8) is 0 Å². The molecule has 7 heteroatoms. The molecule has 32 heavy (non-hydrogen) atoms. The first kappa shape index (κ1) is 18.6. The zero-order valence-corrected chi connectivity index (χ0v) is 17.2. The number of hydrogen-bond acceptors (Lipinski definition) is 5. The molecule has 3 aromatic carbocycles. The van der Waals surface area contributed by atoms with Crippen molar-refractivity contribution < 1.29 is 13.9 Å². The highest BCUT2D eigenvalue weighted by Gasteiger charge is 2.41. The number of benzene rings is 3. The van der Waals surface area contributed by atoms with Crippen LogP contribution in [0.5, 0.6) is 11.5 Å². The van der Waals surface area contributed by atoms with Crippen LogP contribution < -0.4 is 14.8 Å². The number of halogens is 1. The summed E-state index contributed by atoms with van der Waals surface area (Å²) in [4.78, 5) is 4.39. The van der Waals surface area contributed by atoms with Gasteiger partial charge in [-0.2, -0.15) is 10.1 Å². The van der Waals surface area contributed by atoms with Gasteiger partial charge in [0.05, 0.1) is 12.8 Å². The summed E-state index contributed by atoms with van der Waals surface area (Å²) >= 11 is 0. The average Bonchev–Trinajstić information content (AvgIpc) is 3.31. The molecular weight excluding hydrogens is 407 g/mol. The Morgan fingerprint density at radius 3 is 2.59 bits per heavy atom. The molecule has 4 aromatic rings. The minimum Gasteiger partial charge on any atom is -0.497 e. The van der Waals surface area contributed by atoms with Crippen molar-refractivity contribution in [1.29, 1.82) is 0 Å². The normalized spacial score (nSPS) is 18.7. The van der Waals surface area contributed by atoms with E-state index in [0.717, 1.165) is 28.1 Å². The van der Waals surface area contributed by atoms with E-state index in [1.54, 1.807) is 13.2 Å². The molecule has 0 saturated carbocycles. The van der Waals surface area contributed by atoms with E-state index in [1.165, 1.54) is 18.5 Å². The van der Waals surface area contributed by atoms with Crippen LogP contribution in [0.25, 0.3) is 5.70 Å². The van der Waals surface area contributed by atoms with Crippen LogP contribution >= 0.6 is 0 Å². The van der Waals surface area contributed by atoms with E-state index in [4.69, 9.17) is 9.47 Å². The Kier molecular flexibility index (Phi) is 4.21. The Balaban J connectivity index is 1.61. The fraction of sp³-hybridized carbons (Fsp3) is 0.120. The van der Waals surface area contributed by atoms with Crippen molar-refractivity contribution in [2.75, 3.05) is 12.4 Å². The standard InChI is InChI=1S/C25H19FN4O2/c1-31-18-10-7-16(8-11-18)24-21-22(19-13-17(26)9-12-20(19)32-24)29-25-27-14-28-30(25)23(21)15-5-3-2-4-6-15/h2-14,23-24H,1H3,(H,27,28,29)/t23-,24+/m0/s1. The molecule has 6 rings (SSSR count). The molecule has 0 aliphatic carbocycles. The van der Waals surface area contributed by atoms with Gasteiger partial charge < -0.3 is 14.8 Å². The highest BCUT2D eigenvalue weighted by Crippen LogP contribution is 2.50. The van der Waals surface area contributed by atoms with Gasteiger partial charge in [-0.1, -0.05) is 42.5 Å². The number of aromatic nitrogens is 3. The second-order valence-corrected chi connectivity index (χ2v) is 7.71. The molecule has 0 amide bonds. The maximum absolute atomic E-state index is 14.3. The van der Waals surface area contributed by atoms with Crippen molar-refractivity contribution in [3.8, 4) is 11.5 Å². The molecule has 3 heterocycles. The van der Waals surface area contributed by atoms with Gasteiger partial charge in [-0.15, -0.1) is 0 Å². The Bertz CT molecular complexity index is 1330. The van der Waals surface area contributed by atoms with Crippen molar-refractivity contribution in [1.82, 2.24) is 14.8 Å². The van der Waals surface area contributed by atoms with Crippen LogP contribution in [0.2, 0.25) is 0 Å². The first-order chi connectivity index (χ1) is 15.7. The van der Waals surface area contributed by atoms with E-state index in [-0.39, 0.29) is 11.9 Å². The van der Waals surface area contributed by atoms with Crippen LogP contribution in [0.1, 0.15) is 28.8 Å². The number of anilines is 1. The Morgan fingerprint density at radius 1 is 1.00 bits per heavy atom. The van der Waals surface area contributed by atoms with E-state index in [1.807, 2.05) is 47.1 Å². The van der Waals surface area contributed by atoms with E-state index in [2.05, 4.69) is 27.5 Å². The second kappa shape index (κ2) is 7.23. The van der Waals surface area contributed by atoms with Crippen molar-refractivity contribution in [3.05, 3.63) is 107 Å². The Hall–Kier alpha value is -4.13. The third kappa shape index (κ3) is 2.85. The number of nitrogens with one attached hydrogen (secondary N) is 1. The van der Waals surface area contributed by atoms with Gasteiger partial charge in [0.2, 0.25) is 5.95 Å². The number of rotatable bonds is 3. The molecule has 0 spiro atoms. The predicted octanol–water partition coefficient (Wildman–Crippen LogP) is 4.99. The van der Waals surface area contributed by atoms with Gasteiger partial charge in [-0.25, -0.2) is 9.07 Å². The van der Waals surface area contributed by atoms with Crippen LogP contribution in [-0.4, -0.2) is 21.9 Å². The van der Waals surface area contributed by atoms with Crippen LogP contribution in [0.3, 0.4) is 0 Å². The molecule has 2 aliphatic heterocycles. The molecule has 2 aliphatic rings. The van der Waals surface area contributed by atoms with E-state index >= 15 is 0 Å². The fourth-order valence-corrected chi connectivity index (χ4v) is 4.45. The second-order valence-electron chi connectivity index (χ2n) is 7.71. The van der Waals surface area contributed by atoms with Gasteiger partial charge in [0.25, 0.3) is 0 Å². The number of methoxy groups -OCH3 is 1. The van der Waals surface area contributed by atoms with Gasteiger partial charge in [0, 0.05) is 11.1 Å². The lowest BCUT2D eigenvalue weighted by molar-refractivity contribution is 0.222. The Morgan fingerprint density at radius 2 is 1.81 bits per heavy atom. The molecule has 6 nitrogen and oxygen atoms in total. The quantitative estimate of drug-likeness (QED) is 0.500. The summed E-state index contributed by atoms with van der Waals surface area (Å²) < 4.78 is 27.9. The molecule has 0 radical (unpaired) electrons. The van der Waals surface area contributed by atoms with E-state index in [0.29, 0.717) is 17.3 Å². The monoisotopic (exact) mass is 426 g/mol. The molecular formula is C25H19FN4O2. The van der Waals surface area contributed by atoms with Gasteiger partial charge in [-0.3, -0.25) is 0 Å². The molecule has 158 valence electrons. The lowest BCUT2D eigenvalue weighted by atomic mass is 9.84. The first-order valence-corrected chi connectivity index (χ1v) is 10.3. The summed E-state index contributed by atoms with van der Waals surface area (Å²) in [6.45, 7) is 0. The molecule has 1 aromatic heterocycles. The minimum absolute atomic E-state index is 0.270. The molecule has 0 fully saturated rings. The van der Waals surface area contributed by atoms with Crippen LogP contribution in [0.4, 0.5) is 10.3 Å². The Labute approximate surface area is 183 Å². The van der Waals surface area contributed by atoms with E-state index in [9.17, 15) is 4.39 Å². The predicted molar refractivity (Wildman–Crippen MR) is 118 cm³/mol. The molecule has 2 atom stereocenters. The van der Waals surface area contributed by atoms with Crippen molar-refractivity contribution >= 4 is 11.6 Å². The maximum Gasteiger partial charge on any atom is 0.226 e. The van der Waals surface area contributed by atoms with Gasteiger partial charge in [-0.05, 0) is 41.5 Å². The highest BCUT2D eigenvalue weighted by molar-refractivity contribution is 5.85. The van der Waals surface area contributed by atoms with E-state index < -0.39 is 6.10 Å². The number of hydrogen-bond donors (Lipinski definition) is 1. The zero-order chi connectivity index (χ0) is 21.7. The molecule has 1 N–H and O–H groups in total. The van der Waals surface area contributed by atoms with Gasteiger partial charge in [0.15, 0.2) is 0 Å². The smallest absolute Gasteiger partial charge is 0.226 e. The topological polar surface area (TPSA) is 61.2 Å². The largest absolute Gasteiger partial charge is 0.497 e. The van der Waals surface area contributed by atoms with Gasteiger partial charge in [0.1, 0.15) is 35.8 Å².